The quantitative estimate of drug-likeness (QED) is 0.296. The molecule has 2 aromatic rings. The van der Waals surface area contributed by atoms with E-state index in [1.807, 2.05) is 24.3 Å². The molecular formula is C26H34O6. The van der Waals surface area contributed by atoms with Gasteiger partial charge in [-0.05, 0) is 47.2 Å². The molecule has 6 nitrogen and oxygen atoms in total. The molecule has 0 aliphatic carbocycles. The van der Waals surface area contributed by atoms with Crippen LogP contribution < -0.4 is 0 Å². The van der Waals surface area contributed by atoms with Gasteiger partial charge in [0.25, 0.3) is 0 Å². The highest BCUT2D eigenvalue weighted by atomic mass is 16.4. The van der Waals surface area contributed by atoms with E-state index in [1.54, 1.807) is 24.3 Å². The summed E-state index contributed by atoms with van der Waals surface area (Å²) in [5, 5.41) is 61.2. The molecule has 0 amide bonds. The largest absolute Gasteiger partial charge is 0.509 e. The van der Waals surface area contributed by atoms with Crippen molar-refractivity contribution in [3.8, 4) is 0 Å². The lowest BCUT2D eigenvalue weighted by atomic mass is 9.98. The Bertz CT molecular complexity index is 810. The number of benzene rings is 2. The Kier molecular flexibility index (Phi) is 9.94. The van der Waals surface area contributed by atoms with Crippen LogP contribution in [-0.4, -0.2) is 55.1 Å². The van der Waals surface area contributed by atoms with Crippen molar-refractivity contribution in [1.82, 2.24) is 0 Å². The number of aliphatic hydroxyl groups is 6. The SMILES string of the molecule is CCCc1ccc(C=C(O)C(O)C(O)C(O)C(O)C(O)=Cc2ccc(CCC)cc2)cc1. The summed E-state index contributed by atoms with van der Waals surface area (Å²) in [7, 11) is 0. The molecule has 0 aliphatic heterocycles. The number of rotatable bonds is 11. The van der Waals surface area contributed by atoms with E-state index < -0.39 is 35.9 Å². The van der Waals surface area contributed by atoms with Crippen LogP contribution in [0, 0.1) is 0 Å². The van der Waals surface area contributed by atoms with Gasteiger partial charge in [-0.15, -0.1) is 0 Å². The Morgan fingerprint density at radius 3 is 1.22 bits per heavy atom. The second-order valence-electron chi connectivity index (χ2n) is 7.99. The molecule has 2 aromatic carbocycles. The predicted octanol–water partition coefficient (Wildman–Crippen LogP) is 3.53. The highest BCUT2D eigenvalue weighted by Crippen LogP contribution is 2.19. The Morgan fingerprint density at radius 2 is 0.938 bits per heavy atom. The fourth-order valence-corrected chi connectivity index (χ4v) is 3.37. The average molecular weight is 443 g/mol. The molecular weight excluding hydrogens is 408 g/mol. The lowest BCUT2D eigenvalue weighted by Gasteiger charge is -2.26. The van der Waals surface area contributed by atoms with E-state index in [-0.39, 0.29) is 0 Å². The molecule has 0 spiro atoms. The minimum atomic E-state index is -1.93. The van der Waals surface area contributed by atoms with Crippen molar-refractivity contribution in [3.63, 3.8) is 0 Å². The van der Waals surface area contributed by atoms with Gasteiger partial charge in [0, 0.05) is 0 Å². The predicted molar refractivity (Wildman–Crippen MR) is 126 cm³/mol. The zero-order chi connectivity index (χ0) is 23.7. The Hall–Kier alpha value is -2.64. The molecule has 0 bridgehead atoms. The number of hydrogen-bond acceptors (Lipinski definition) is 6. The minimum Gasteiger partial charge on any atom is -0.509 e. The van der Waals surface area contributed by atoms with Crippen LogP contribution in [0.4, 0.5) is 0 Å². The number of hydrogen-bond donors (Lipinski definition) is 6. The molecule has 0 radical (unpaired) electrons. The van der Waals surface area contributed by atoms with E-state index in [2.05, 4.69) is 13.8 Å². The van der Waals surface area contributed by atoms with Crippen molar-refractivity contribution in [2.45, 2.75) is 63.9 Å². The lowest BCUT2D eigenvalue weighted by Crippen LogP contribution is -2.45. The lowest BCUT2D eigenvalue weighted by molar-refractivity contribution is -0.0996. The van der Waals surface area contributed by atoms with E-state index in [0.29, 0.717) is 11.1 Å². The van der Waals surface area contributed by atoms with Gasteiger partial charge in [-0.25, -0.2) is 0 Å². The third-order valence-corrected chi connectivity index (χ3v) is 5.27. The zero-order valence-electron chi connectivity index (χ0n) is 18.6. The summed E-state index contributed by atoms with van der Waals surface area (Å²) < 4.78 is 0. The van der Waals surface area contributed by atoms with E-state index in [1.165, 1.54) is 12.2 Å². The fraction of sp³-hybridized carbons (Fsp3) is 0.385. The zero-order valence-corrected chi connectivity index (χ0v) is 18.6. The van der Waals surface area contributed by atoms with Crippen LogP contribution in [0.5, 0.6) is 0 Å². The summed E-state index contributed by atoms with van der Waals surface area (Å²) in [5.74, 6) is -1.14. The first kappa shape index (κ1) is 25.6. The first-order valence-corrected chi connectivity index (χ1v) is 11.0. The Labute approximate surface area is 189 Å². The van der Waals surface area contributed by atoms with Gasteiger partial charge in [0.15, 0.2) is 0 Å². The molecule has 2 rings (SSSR count). The number of aliphatic hydroxyl groups excluding tert-OH is 6. The van der Waals surface area contributed by atoms with Crippen LogP contribution in [0.15, 0.2) is 60.0 Å². The maximum atomic E-state index is 10.2. The van der Waals surface area contributed by atoms with Crippen molar-refractivity contribution in [1.29, 1.82) is 0 Å². The van der Waals surface area contributed by atoms with Crippen molar-refractivity contribution in [3.05, 3.63) is 82.3 Å². The second-order valence-corrected chi connectivity index (χ2v) is 7.99. The highest BCUT2D eigenvalue weighted by molar-refractivity contribution is 5.53. The van der Waals surface area contributed by atoms with E-state index in [9.17, 15) is 30.6 Å². The van der Waals surface area contributed by atoms with E-state index >= 15 is 0 Å². The molecule has 4 unspecified atom stereocenters. The third-order valence-electron chi connectivity index (χ3n) is 5.27. The van der Waals surface area contributed by atoms with E-state index in [4.69, 9.17) is 0 Å². The summed E-state index contributed by atoms with van der Waals surface area (Å²) >= 11 is 0. The van der Waals surface area contributed by atoms with Crippen LogP contribution in [0.25, 0.3) is 12.2 Å². The summed E-state index contributed by atoms with van der Waals surface area (Å²) in [6.45, 7) is 4.15. The molecule has 0 aliphatic rings. The average Bonchev–Trinajstić information content (AvgIpc) is 2.80. The molecule has 0 saturated heterocycles. The van der Waals surface area contributed by atoms with E-state index in [0.717, 1.165) is 36.8 Å². The van der Waals surface area contributed by atoms with Gasteiger partial charge >= 0.3 is 0 Å². The van der Waals surface area contributed by atoms with Gasteiger partial charge in [0.1, 0.15) is 35.9 Å². The van der Waals surface area contributed by atoms with Gasteiger partial charge in [-0.1, -0.05) is 75.2 Å². The Balaban J connectivity index is 2.05. The smallest absolute Gasteiger partial charge is 0.139 e. The first-order chi connectivity index (χ1) is 15.3. The molecule has 32 heavy (non-hydrogen) atoms. The van der Waals surface area contributed by atoms with Crippen LogP contribution in [-0.2, 0) is 12.8 Å². The molecule has 0 saturated carbocycles. The normalized spacial score (nSPS) is 16.4. The van der Waals surface area contributed by atoms with Crippen LogP contribution in [0.2, 0.25) is 0 Å². The molecule has 0 aromatic heterocycles. The standard InChI is InChI=1S/C26H34O6/c1-3-5-17-7-11-19(12-8-17)15-21(27)23(29)25(31)26(32)24(30)22(28)16-20-13-9-18(6-4-2)10-14-20/h7-16,23-32H,3-6H2,1-2H3. The molecule has 4 atom stereocenters. The van der Waals surface area contributed by atoms with Crippen molar-refractivity contribution in [2.75, 3.05) is 0 Å². The van der Waals surface area contributed by atoms with Crippen molar-refractivity contribution < 1.29 is 30.6 Å². The molecule has 0 fully saturated rings. The monoisotopic (exact) mass is 442 g/mol. The van der Waals surface area contributed by atoms with Gasteiger partial charge in [0.05, 0.1) is 0 Å². The maximum absolute atomic E-state index is 10.2. The van der Waals surface area contributed by atoms with Crippen LogP contribution in [0.3, 0.4) is 0 Å². The van der Waals surface area contributed by atoms with Crippen molar-refractivity contribution >= 4 is 12.2 Å². The summed E-state index contributed by atoms with van der Waals surface area (Å²) in [4.78, 5) is 0. The van der Waals surface area contributed by atoms with Gasteiger partial charge < -0.3 is 30.6 Å². The highest BCUT2D eigenvalue weighted by Gasteiger charge is 2.34. The first-order valence-electron chi connectivity index (χ1n) is 11.0. The third kappa shape index (κ3) is 7.21. The van der Waals surface area contributed by atoms with Crippen molar-refractivity contribution in [2.24, 2.45) is 0 Å². The fourth-order valence-electron chi connectivity index (χ4n) is 3.37. The molecule has 6 N–H and O–H groups in total. The van der Waals surface area contributed by atoms with Crippen LogP contribution >= 0.6 is 0 Å². The maximum Gasteiger partial charge on any atom is 0.139 e. The minimum absolute atomic E-state index is 0.568. The summed E-state index contributed by atoms with van der Waals surface area (Å²) in [6.07, 6.45) is -1.12. The Morgan fingerprint density at radius 1 is 0.625 bits per heavy atom. The molecule has 0 heterocycles. The van der Waals surface area contributed by atoms with Crippen LogP contribution in [0.1, 0.15) is 48.9 Å². The summed E-state index contributed by atoms with van der Waals surface area (Å²) in [6, 6.07) is 14.7. The topological polar surface area (TPSA) is 121 Å². The summed E-state index contributed by atoms with van der Waals surface area (Å²) in [5.41, 5.74) is 3.51. The molecule has 174 valence electrons. The van der Waals surface area contributed by atoms with Gasteiger partial charge in [-0.2, -0.15) is 0 Å². The number of aryl methyl sites for hydroxylation is 2. The molecule has 6 heteroatoms. The second kappa shape index (κ2) is 12.4. The van der Waals surface area contributed by atoms with Gasteiger partial charge in [0.2, 0.25) is 0 Å². The van der Waals surface area contributed by atoms with Gasteiger partial charge in [-0.3, -0.25) is 0 Å².